The Hall–Kier alpha value is -3.23. The number of benzene rings is 3. The Morgan fingerprint density at radius 3 is 2.42 bits per heavy atom. The number of pyridine rings is 1. The molecule has 6 nitrogen and oxygen atoms in total. The predicted molar refractivity (Wildman–Crippen MR) is 128 cm³/mol. The zero-order valence-corrected chi connectivity index (χ0v) is 19.6. The van der Waals surface area contributed by atoms with Gasteiger partial charge in [0.1, 0.15) is 5.82 Å². The summed E-state index contributed by atoms with van der Waals surface area (Å²) in [5.74, 6) is 0.367. The van der Waals surface area contributed by atoms with Gasteiger partial charge in [0, 0.05) is 24.5 Å². The lowest BCUT2D eigenvalue weighted by Gasteiger charge is -2.23. The van der Waals surface area contributed by atoms with E-state index in [2.05, 4.69) is 0 Å². The minimum Gasteiger partial charge on any atom is -0.351 e. The van der Waals surface area contributed by atoms with Crippen molar-refractivity contribution in [3.8, 4) is 0 Å². The second kappa shape index (κ2) is 7.97. The molecule has 0 amide bonds. The number of nitrogens with zero attached hydrogens (tertiary/aromatic N) is 2. The summed E-state index contributed by atoms with van der Waals surface area (Å²) in [7, 11) is -7.26. The van der Waals surface area contributed by atoms with Gasteiger partial charge in [-0.05, 0) is 42.8 Å². The smallest absolute Gasteiger partial charge is 0.207 e. The molecule has 8 heteroatoms. The second-order valence-electron chi connectivity index (χ2n) is 8.16. The Kier molecular flexibility index (Phi) is 5.22. The molecule has 3 aromatic carbocycles. The molecule has 5 rings (SSSR count). The van der Waals surface area contributed by atoms with Crippen LogP contribution in [0.1, 0.15) is 11.1 Å². The van der Waals surface area contributed by atoms with Crippen LogP contribution in [0.4, 0.5) is 5.82 Å². The van der Waals surface area contributed by atoms with Crippen LogP contribution >= 0.6 is 0 Å². The zero-order chi connectivity index (χ0) is 23.2. The summed E-state index contributed by atoms with van der Waals surface area (Å²) in [5, 5.41) is 0.547. The highest BCUT2D eigenvalue weighted by atomic mass is 32.2. The summed E-state index contributed by atoms with van der Waals surface area (Å²) >= 11 is 0. The molecule has 0 unspecified atom stereocenters. The molecule has 1 aromatic heterocycles. The van der Waals surface area contributed by atoms with Gasteiger partial charge in [0.15, 0.2) is 9.84 Å². The van der Waals surface area contributed by atoms with Crippen LogP contribution in [-0.4, -0.2) is 34.1 Å². The van der Waals surface area contributed by atoms with Gasteiger partial charge >= 0.3 is 0 Å². The first-order valence-corrected chi connectivity index (χ1v) is 13.7. The molecular weight excluding hydrogens is 456 g/mol. The average molecular weight is 479 g/mol. The molecule has 1 aliphatic heterocycles. The number of aromatic nitrogens is 1. The first-order chi connectivity index (χ1) is 15.8. The van der Waals surface area contributed by atoms with Gasteiger partial charge < -0.3 is 4.90 Å². The van der Waals surface area contributed by atoms with E-state index in [9.17, 15) is 16.8 Å². The number of rotatable bonds is 3. The molecule has 0 fully saturated rings. The number of fused-ring (bicyclic) bond motifs is 2. The van der Waals surface area contributed by atoms with Gasteiger partial charge in [0.05, 0.1) is 26.0 Å². The van der Waals surface area contributed by atoms with E-state index >= 15 is 0 Å². The molecule has 0 spiro atoms. The lowest BCUT2D eigenvalue weighted by molar-refractivity contribution is 0.594. The highest BCUT2D eigenvalue weighted by Crippen LogP contribution is 2.33. The molecule has 0 atom stereocenters. The molecule has 33 heavy (non-hydrogen) atoms. The van der Waals surface area contributed by atoms with Gasteiger partial charge in [-0.2, -0.15) is 0 Å². The van der Waals surface area contributed by atoms with Gasteiger partial charge in [0.25, 0.3) is 0 Å². The number of hydrogen-bond donors (Lipinski definition) is 0. The number of aryl methyl sites for hydroxylation is 1. The molecule has 168 valence electrons. The van der Waals surface area contributed by atoms with Crippen LogP contribution in [0.25, 0.3) is 10.9 Å². The molecule has 0 N–H and O–H groups in total. The molecule has 0 radical (unpaired) electrons. The van der Waals surface area contributed by atoms with Crippen molar-refractivity contribution in [3.63, 3.8) is 0 Å². The van der Waals surface area contributed by atoms with Crippen molar-refractivity contribution in [2.24, 2.45) is 0 Å². The van der Waals surface area contributed by atoms with Crippen molar-refractivity contribution in [2.75, 3.05) is 17.2 Å². The van der Waals surface area contributed by atoms with Crippen molar-refractivity contribution in [1.29, 1.82) is 0 Å². The van der Waals surface area contributed by atoms with Gasteiger partial charge in [-0.3, -0.25) is 0 Å². The van der Waals surface area contributed by atoms with Gasteiger partial charge in [-0.15, -0.1) is 0 Å². The topological polar surface area (TPSA) is 84.4 Å². The van der Waals surface area contributed by atoms with E-state index in [4.69, 9.17) is 4.98 Å². The van der Waals surface area contributed by atoms with E-state index in [1.165, 1.54) is 0 Å². The third-order valence-corrected chi connectivity index (χ3v) is 9.48. The molecule has 0 bridgehead atoms. The Morgan fingerprint density at radius 2 is 1.64 bits per heavy atom. The number of hydrogen-bond acceptors (Lipinski definition) is 6. The Morgan fingerprint density at radius 1 is 0.909 bits per heavy atom. The van der Waals surface area contributed by atoms with Crippen molar-refractivity contribution >= 4 is 36.4 Å². The van der Waals surface area contributed by atoms with Crippen LogP contribution in [0.5, 0.6) is 0 Å². The fraction of sp³-hybridized carbons (Fsp3) is 0.160. The highest BCUT2D eigenvalue weighted by molar-refractivity contribution is 7.92. The SMILES string of the molecule is Cc1ccc2nc(N3CCS(=O)(=O)c4ccccc4C3)cc(S(=O)(=O)c3ccccc3)c2c1. The predicted octanol–water partition coefficient (Wildman–Crippen LogP) is 4.17. The summed E-state index contributed by atoms with van der Waals surface area (Å²) < 4.78 is 52.8. The summed E-state index contributed by atoms with van der Waals surface area (Å²) in [6.07, 6.45) is 0. The van der Waals surface area contributed by atoms with Crippen LogP contribution in [0, 0.1) is 6.92 Å². The van der Waals surface area contributed by atoms with Crippen LogP contribution in [0.15, 0.2) is 93.5 Å². The molecule has 1 aliphatic rings. The van der Waals surface area contributed by atoms with Crippen LogP contribution < -0.4 is 4.90 Å². The average Bonchev–Trinajstić information content (AvgIpc) is 2.95. The van der Waals surface area contributed by atoms with Crippen molar-refractivity contribution in [2.45, 2.75) is 28.2 Å². The molecule has 0 aliphatic carbocycles. The standard InChI is InChI=1S/C25H22N2O4S2/c1-18-11-12-22-21(15-18)24(33(30,31)20-8-3-2-4-9-20)16-25(26-22)27-13-14-32(28,29)23-10-6-5-7-19(23)17-27/h2-12,15-16H,13-14,17H2,1H3. The third kappa shape index (κ3) is 3.89. The molecule has 4 aromatic rings. The summed E-state index contributed by atoms with van der Waals surface area (Å²) in [5.41, 5.74) is 2.15. The Balaban J connectivity index is 1.71. The quantitative estimate of drug-likeness (QED) is 0.439. The maximum absolute atomic E-state index is 13.6. The number of anilines is 1. The maximum atomic E-state index is 13.6. The zero-order valence-electron chi connectivity index (χ0n) is 18.0. The Bertz CT molecular complexity index is 1580. The normalized spacial score (nSPS) is 15.7. The maximum Gasteiger partial charge on any atom is 0.207 e. The highest BCUT2D eigenvalue weighted by Gasteiger charge is 2.28. The molecular formula is C25H22N2O4S2. The van der Waals surface area contributed by atoms with Gasteiger partial charge in [-0.25, -0.2) is 21.8 Å². The third-order valence-electron chi connectivity index (χ3n) is 5.88. The first kappa shape index (κ1) is 21.6. The van der Waals surface area contributed by atoms with Crippen LogP contribution in [0.3, 0.4) is 0 Å². The lowest BCUT2D eigenvalue weighted by atomic mass is 10.1. The van der Waals surface area contributed by atoms with Crippen molar-refractivity contribution < 1.29 is 16.8 Å². The second-order valence-corrected chi connectivity index (χ2v) is 12.2. The minimum atomic E-state index is -3.82. The monoisotopic (exact) mass is 478 g/mol. The van der Waals surface area contributed by atoms with E-state index in [-0.39, 0.29) is 22.1 Å². The fourth-order valence-corrected chi connectivity index (χ4v) is 7.15. The largest absolute Gasteiger partial charge is 0.351 e. The lowest BCUT2D eigenvalue weighted by Crippen LogP contribution is -2.26. The van der Waals surface area contributed by atoms with Crippen molar-refractivity contribution in [1.82, 2.24) is 4.98 Å². The van der Waals surface area contributed by atoms with E-state index in [0.717, 1.165) is 5.56 Å². The molecule has 2 heterocycles. The van der Waals surface area contributed by atoms with E-state index in [1.807, 2.05) is 24.0 Å². The first-order valence-electron chi connectivity index (χ1n) is 10.5. The number of sulfone groups is 2. The summed E-state index contributed by atoms with van der Waals surface area (Å²) in [6.45, 7) is 2.44. The van der Waals surface area contributed by atoms with Crippen LogP contribution in [-0.2, 0) is 26.2 Å². The Labute approximate surface area is 193 Å². The summed E-state index contributed by atoms with van der Waals surface area (Å²) in [4.78, 5) is 7.26. The molecule has 0 saturated carbocycles. The molecule has 0 saturated heterocycles. The minimum absolute atomic E-state index is 0.0710. The van der Waals surface area contributed by atoms with Gasteiger partial charge in [-0.1, -0.05) is 48.0 Å². The van der Waals surface area contributed by atoms with E-state index < -0.39 is 19.7 Å². The van der Waals surface area contributed by atoms with E-state index in [0.29, 0.717) is 33.7 Å². The summed E-state index contributed by atoms with van der Waals surface area (Å²) in [6, 6.07) is 22.3. The van der Waals surface area contributed by atoms with E-state index in [1.54, 1.807) is 66.7 Å². The van der Waals surface area contributed by atoms with Crippen LogP contribution in [0.2, 0.25) is 0 Å². The van der Waals surface area contributed by atoms with Crippen molar-refractivity contribution in [3.05, 3.63) is 90.0 Å². The van der Waals surface area contributed by atoms with Gasteiger partial charge in [0.2, 0.25) is 9.84 Å². The fourth-order valence-electron chi connectivity index (χ4n) is 4.16.